The summed E-state index contributed by atoms with van der Waals surface area (Å²) in [6.45, 7) is 4.35. The van der Waals surface area contributed by atoms with Gasteiger partial charge in [-0.05, 0) is 26.3 Å². The summed E-state index contributed by atoms with van der Waals surface area (Å²) in [6, 6.07) is 1.26. The van der Waals surface area contributed by atoms with Crippen LogP contribution in [0.2, 0.25) is 0 Å². The van der Waals surface area contributed by atoms with Crippen LogP contribution in [-0.4, -0.2) is 36.9 Å². The number of aromatic carboxylic acids is 1. The SMILES string of the molecule is CC1=CCCN(S(=O)(=O)c2cc(C(=O)O)sc2C)C1. The second kappa shape index (κ2) is 5.07. The minimum atomic E-state index is -3.60. The van der Waals surface area contributed by atoms with Gasteiger partial charge in [-0.25, -0.2) is 13.2 Å². The van der Waals surface area contributed by atoms with Crippen LogP contribution < -0.4 is 0 Å². The minimum Gasteiger partial charge on any atom is -0.477 e. The van der Waals surface area contributed by atoms with Gasteiger partial charge in [-0.2, -0.15) is 4.31 Å². The van der Waals surface area contributed by atoms with Gasteiger partial charge in [-0.3, -0.25) is 0 Å². The number of carboxylic acid groups (broad SMARTS) is 1. The van der Waals surface area contributed by atoms with Crippen LogP contribution in [0, 0.1) is 6.92 Å². The van der Waals surface area contributed by atoms with Crippen LogP contribution >= 0.6 is 11.3 Å². The van der Waals surface area contributed by atoms with Crippen molar-refractivity contribution >= 4 is 27.3 Å². The molecule has 1 aliphatic heterocycles. The second-order valence-electron chi connectivity index (χ2n) is 4.51. The molecule has 0 spiro atoms. The number of hydrogen-bond acceptors (Lipinski definition) is 4. The van der Waals surface area contributed by atoms with Crippen LogP contribution in [0.4, 0.5) is 0 Å². The topological polar surface area (TPSA) is 74.7 Å². The molecule has 0 bridgehead atoms. The molecule has 19 heavy (non-hydrogen) atoms. The Balaban J connectivity index is 2.40. The Bertz CT molecular complexity index is 643. The summed E-state index contributed by atoms with van der Waals surface area (Å²) in [6.07, 6.45) is 2.72. The molecular weight excluding hydrogens is 286 g/mol. The number of carboxylic acids is 1. The smallest absolute Gasteiger partial charge is 0.345 e. The molecule has 5 nitrogen and oxygen atoms in total. The first-order chi connectivity index (χ1) is 8.82. The zero-order valence-electron chi connectivity index (χ0n) is 10.7. The Hall–Kier alpha value is -1.18. The Morgan fingerprint density at radius 1 is 1.42 bits per heavy atom. The molecular formula is C12H15NO4S2. The molecule has 0 saturated heterocycles. The Morgan fingerprint density at radius 3 is 2.63 bits per heavy atom. The summed E-state index contributed by atoms with van der Waals surface area (Å²) < 4.78 is 26.4. The molecule has 0 aromatic carbocycles. The first kappa shape index (κ1) is 14.2. The van der Waals surface area contributed by atoms with Crippen LogP contribution in [0.1, 0.15) is 27.9 Å². The van der Waals surface area contributed by atoms with Gasteiger partial charge in [0.15, 0.2) is 0 Å². The first-order valence-corrected chi connectivity index (χ1v) is 8.07. The van der Waals surface area contributed by atoms with E-state index in [0.717, 1.165) is 16.9 Å². The fourth-order valence-corrected chi connectivity index (χ4v) is 4.94. The van der Waals surface area contributed by atoms with Crippen molar-refractivity contribution in [2.24, 2.45) is 0 Å². The predicted octanol–water partition coefficient (Wildman–Crippen LogP) is 2.10. The molecule has 1 aromatic heterocycles. The quantitative estimate of drug-likeness (QED) is 0.868. The summed E-state index contributed by atoms with van der Waals surface area (Å²) in [5.74, 6) is -1.09. The van der Waals surface area contributed by atoms with Gasteiger partial charge >= 0.3 is 5.97 Å². The van der Waals surface area contributed by atoms with E-state index >= 15 is 0 Å². The first-order valence-electron chi connectivity index (χ1n) is 5.82. The highest BCUT2D eigenvalue weighted by atomic mass is 32.2. The minimum absolute atomic E-state index is 0.0559. The van der Waals surface area contributed by atoms with E-state index < -0.39 is 16.0 Å². The lowest BCUT2D eigenvalue weighted by molar-refractivity contribution is 0.0702. The highest BCUT2D eigenvalue weighted by molar-refractivity contribution is 7.89. The molecule has 104 valence electrons. The molecule has 1 aromatic rings. The predicted molar refractivity (Wildman–Crippen MR) is 73.1 cm³/mol. The average molecular weight is 301 g/mol. The number of hydrogen-bond donors (Lipinski definition) is 1. The van der Waals surface area contributed by atoms with Gasteiger partial charge < -0.3 is 5.11 Å². The van der Waals surface area contributed by atoms with Crippen molar-refractivity contribution in [3.63, 3.8) is 0 Å². The molecule has 1 N–H and O–H groups in total. The maximum Gasteiger partial charge on any atom is 0.345 e. The van der Waals surface area contributed by atoms with E-state index in [0.29, 0.717) is 24.4 Å². The number of aryl methyl sites for hydroxylation is 1. The van der Waals surface area contributed by atoms with Crippen LogP contribution in [0.5, 0.6) is 0 Å². The van der Waals surface area contributed by atoms with Crippen LogP contribution in [0.3, 0.4) is 0 Å². The molecule has 0 radical (unpaired) electrons. The number of sulfonamides is 1. The molecule has 0 atom stereocenters. The Morgan fingerprint density at radius 2 is 2.11 bits per heavy atom. The van der Waals surface area contributed by atoms with Gasteiger partial charge in [0.2, 0.25) is 10.0 Å². The van der Waals surface area contributed by atoms with Gasteiger partial charge in [-0.15, -0.1) is 11.3 Å². The van der Waals surface area contributed by atoms with Gasteiger partial charge in [0, 0.05) is 18.0 Å². The lowest BCUT2D eigenvalue weighted by atomic mass is 10.2. The molecule has 2 rings (SSSR count). The highest BCUT2D eigenvalue weighted by Gasteiger charge is 2.29. The van der Waals surface area contributed by atoms with Crippen molar-refractivity contribution in [3.05, 3.63) is 27.5 Å². The average Bonchev–Trinajstić information content (AvgIpc) is 2.72. The molecule has 0 amide bonds. The molecule has 0 saturated carbocycles. The van der Waals surface area contributed by atoms with Crippen molar-refractivity contribution in [2.75, 3.05) is 13.1 Å². The maximum atomic E-state index is 12.5. The van der Waals surface area contributed by atoms with Gasteiger partial charge in [0.05, 0.1) is 4.90 Å². The zero-order chi connectivity index (χ0) is 14.2. The van der Waals surface area contributed by atoms with Crippen molar-refractivity contribution in [2.45, 2.75) is 25.2 Å². The van der Waals surface area contributed by atoms with E-state index in [1.54, 1.807) is 6.92 Å². The normalized spacial score (nSPS) is 17.3. The van der Waals surface area contributed by atoms with E-state index in [2.05, 4.69) is 0 Å². The fraction of sp³-hybridized carbons (Fsp3) is 0.417. The Kier molecular flexibility index (Phi) is 3.80. The maximum absolute atomic E-state index is 12.5. The van der Waals surface area contributed by atoms with Crippen molar-refractivity contribution < 1.29 is 18.3 Å². The monoisotopic (exact) mass is 301 g/mol. The van der Waals surface area contributed by atoms with Crippen molar-refractivity contribution in [3.8, 4) is 0 Å². The lowest BCUT2D eigenvalue weighted by Gasteiger charge is -2.25. The number of thiophene rings is 1. The largest absolute Gasteiger partial charge is 0.477 e. The van der Waals surface area contributed by atoms with Crippen LogP contribution in [0.15, 0.2) is 22.6 Å². The third kappa shape index (κ3) is 2.72. The van der Waals surface area contributed by atoms with E-state index in [1.807, 2.05) is 13.0 Å². The molecule has 1 aliphatic rings. The van der Waals surface area contributed by atoms with E-state index in [1.165, 1.54) is 10.4 Å². The third-order valence-corrected chi connectivity index (χ3v) is 6.14. The fourth-order valence-electron chi connectivity index (χ4n) is 2.05. The molecule has 0 fully saturated rings. The van der Waals surface area contributed by atoms with Gasteiger partial charge in [0.1, 0.15) is 4.88 Å². The summed E-state index contributed by atoms with van der Waals surface area (Å²) in [4.78, 5) is 11.6. The van der Waals surface area contributed by atoms with E-state index in [4.69, 9.17) is 5.11 Å². The molecule has 2 heterocycles. The molecule has 0 unspecified atom stereocenters. The standard InChI is InChI=1S/C12H15NO4S2/c1-8-4-3-5-13(7-8)19(16,17)11-6-10(12(14)15)18-9(11)2/h4,6H,3,5,7H2,1-2H3,(H,14,15). The zero-order valence-corrected chi connectivity index (χ0v) is 12.3. The number of rotatable bonds is 3. The highest BCUT2D eigenvalue weighted by Crippen LogP contribution is 2.29. The third-order valence-electron chi connectivity index (χ3n) is 3.00. The molecule has 0 aliphatic carbocycles. The van der Waals surface area contributed by atoms with Gasteiger partial charge in [0.25, 0.3) is 0 Å². The second-order valence-corrected chi connectivity index (χ2v) is 7.68. The van der Waals surface area contributed by atoms with Gasteiger partial charge in [-0.1, -0.05) is 11.6 Å². The van der Waals surface area contributed by atoms with E-state index in [-0.39, 0.29) is 9.77 Å². The number of nitrogens with zero attached hydrogens (tertiary/aromatic N) is 1. The summed E-state index contributed by atoms with van der Waals surface area (Å²) in [5.41, 5.74) is 1.01. The summed E-state index contributed by atoms with van der Waals surface area (Å²) in [7, 11) is -3.60. The van der Waals surface area contributed by atoms with E-state index in [9.17, 15) is 13.2 Å². The molecule has 7 heteroatoms. The van der Waals surface area contributed by atoms with Crippen LogP contribution in [0.25, 0.3) is 0 Å². The summed E-state index contributed by atoms with van der Waals surface area (Å²) >= 11 is 0.994. The van der Waals surface area contributed by atoms with Crippen molar-refractivity contribution in [1.29, 1.82) is 0 Å². The van der Waals surface area contributed by atoms with Crippen LogP contribution in [-0.2, 0) is 10.0 Å². The number of carbonyl (C=O) groups is 1. The Labute approximate surface area is 116 Å². The summed E-state index contributed by atoms with van der Waals surface area (Å²) in [5, 5.41) is 8.93. The lowest BCUT2D eigenvalue weighted by Crippen LogP contribution is -2.35. The van der Waals surface area contributed by atoms with Crippen molar-refractivity contribution in [1.82, 2.24) is 4.31 Å².